The molecule has 1 aliphatic rings. The number of nitrogens with two attached hydrogens (primary N) is 1. The minimum Gasteiger partial charge on any atom is -0.323 e. The van der Waals surface area contributed by atoms with E-state index in [-0.39, 0.29) is 5.54 Å². The molecule has 0 radical (unpaired) electrons. The van der Waals surface area contributed by atoms with Crippen molar-refractivity contribution in [2.75, 3.05) is 19.6 Å². The van der Waals surface area contributed by atoms with Gasteiger partial charge in [-0.25, -0.2) is 0 Å². The lowest BCUT2D eigenvalue weighted by atomic mass is 9.86. The first-order valence-electron chi connectivity index (χ1n) is 4.21. The van der Waals surface area contributed by atoms with Crippen molar-refractivity contribution in [2.24, 2.45) is 5.73 Å². The minimum atomic E-state index is 0.171. The fourth-order valence-electron chi connectivity index (χ4n) is 1.72. The average molecular weight is 142 g/mol. The molecule has 0 aliphatic carbocycles. The third-order valence-electron chi connectivity index (χ3n) is 2.27. The summed E-state index contributed by atoms with van der Waals surface area (Å²) in [7, 11) is 0. The summed E-state index contributed by atoms with van der Waals surface area (Å²) in [6.45, 7) is 7.76. The number of likely N-dealkylation sites (tertiary alicyclic amines) is 1. The minimum absolute atomic E-state index is 0.171. The van der Waals surface area contributed by atoms with Crippen LogP contribution in [0.15, 0.2) is 0 Å². The van der Waals surface area contributed by atoms with Crippen molar-refractivity contribution in [1.82, 2.24) is 4.90 Å². The number of likely N-dealkylation sites (N-methyl/N-ethyl adjacent to an activating group) is 1. The molecule has 1 saturated heterocycles. The third-order valence-corrected chi connectivity index (χ3v) is 2.27. The van der Waals surface area contributed by atoms with Crippen LogP contribution in [0.2, 0.25) is 0 Å². The Balaban J connectivity index is 2.20. The Kier molecular flexibility index (Phi) is 2.32. The molecule has 60 valence electrons. The molecule has 2 N–H and O–H groups in total. The highest BCUT2D eigenvalue weighted by Crippen LogP contribution is 2.22. The third kappa shape index (κ3) is 1.50. The maximum absolute atomic E-state index is 6.04. The van der Waals surface area contributed by atoms with E-state index in [1.54, 1.807) is 0 Å². The van der Waals surface area contributed by atoms with Crippen LogP contribution in [0.4, 0.5) is 0 Å². The number of hydrogen-bond donors (Lipinski definition) is 1. The van der Waals surface area contributed by atoms with Crippen LogP contribution in [0.5, 0.6) is 0 Å². The van der Waals surface area contributed by atoms with Crippen LogP contribution >= 0.6 is 0 Å². The summed E-state index contributed by atoms with van der Waals surface area (Å²) >= 11 is 0. The topological polar surface area (TPSA) is 29.3 Å². The Morgan fingerprint density at radius 3 is 2.40 bits per heavy atom. The van der Waals surface area contributed by atoms with Gasteiger partial charge >= 0.3 is 0 Å². The van der Waals surface area contributed by atoms with Gasteiger partial charge in [0.2, 0.25) is 0 Å². The Labute approximate surface area is 63.4 Å². The quantitative estimate of drug-likeness (QED) is 0.632. The highest BCUT2D eigenvalue weighted by Gasteiger charge is 2.36. The van der Waals surface area contributed by atoms with Crippen molar-refractivity contribution in [1.29, 1.82) is 0 Å². The first kappa shape index (κ1) is 8.02. The zero-order chi connectivity index (χ0) is 7.61. The zero-order valence-corrected chi connectivity index (χ0v) is 7.06. The molecule has 10 heavy (non-hydrogen) atoms. The van der Waals surface area contributed by atoms with Gasteiger partial charge in [-0.2, -0.15) is 0 Å². The molecule has 0 aromatic carbocycles. The van der Waals surface area contributed by atoms with Crippen molar-refractivity contribution in [3.8, 4) is 0 Å². The second-order valence-electron chi connectivity index (χ2n) is 3.42. The number of rotatable bonds is 3. The van der Waals surface area contributed by atoms with Crippen LogP contribution in [0.25, 0.3) is 0 Å². The molecule has 0 aromatic heterocycles. The predicted octanol–water partition coefficient (Wildman–Crippen LogP) is 0.820. The Morgan fingerprint density at radius 2 is 2.00 bits per heavy atom. The largest absolute Gasteiger partial charge is 0.323 e. The van der Waals surface area contributed by atoms with Crippen LogP contribution < -0.4 is 5.73 Å². The van der Waals surface area contributed by atoms with E-state index in [2.05, 4.69) is 18.7 Å². The molecule has 1 heterocycles. The molecule has 2 nitrogen and oxygen atoms in total. The molecule has 0 unspecified atom stereocenters. The lowest BCUT2D eigenvalue weighted by molar-refractivity contribution is 0.0696. The maximum atomic E-state index is 6.04. The van der Waals surface area contributed by atoms with Crippen molar-refractivity contribution in [3.63, 3.8) is 0 Å². The van der Waals surface area contributed by atoms with Crippen molar-refractivity contribution in [3.05, 3.63) is 0 Å². The lowest BCUT2D eigenvalue weighted by Gasteiger charge is -2.47. The van der Waals surface area contributed by atoms with Crippen LogP contribution in [-0.4, -0.2) is 30.1 Å². The van der Waals surface area contributed by atoms with Crippen molar-refractivity contribution in [2.45, 2.75) is 32.2 Å². The summed E-state index contributed by atoms with van der Waals surface area (Å²) in [6.07, 6.45) is 2.40. The number of hydrogen-bond acceptors (Lipinski definition) is 2. The first-order valence-corrected chi connectivity index (χ1v) is 4.21. The van der Waals surface area contributed by atoms with Gasteiger partial charge in [-0.3, -0.25) is 4.90 Å². The second kappa shape index (κ2) is 2.89. The van der Waals surface area contributed by atoms with Gasteiger partial charge in [0.1, 0.15) is 0 Å². The molecule has 1 aliphatic heterocycles. The van der Waals surface area contributed by atoms with Gasteiger partial charge in [-0.15, -0.1) is 0 Å². The summed E-state index contributed by atoms with van der Waals surface area (Å²) < 4.78 is 0. The molecule has 0 atom stereocenters. The normalized spacial score (nSPS) is 24.3. The average Bonchev–Trinajstić information content (AvgIpc) is 1.83. The number of nitrogens with zero attached hydrogens (tertiary/aromatic N) is 1. The lowest BCUT2D eigenvalue weighted by Crippen LogP contribution is -2.66. The zero-order valence-electron chi connectivity index (χ0n) is 7.06. The van der Waals surface area contributed by atoms with Crippen LogP contribution in [0.3, 0.4) is 0 Å². The molecule has 1 fully saturated rings. The highest BCUT2D eigenvalue weighted by atomic mass is 15.2. The van der Waals surface area contributed by atoms with E-state index in [1.165, 1.54) is 12.8 Å². The van der Waals surface area contributed by atoms with E-state index >= 15 is 0 Å². The molecule has 2 heteroatoms. The van der Waals surface area contributed by atoms with E-state index in [4.69, 9.17) is 5.73 Å². The molecule has 0 amide bonds. The summed E-state index contributed by atoms with van der Waals surface area (Å²) in [5, 5.41) is 0. The second-order valence-corrected chi connectivity index (χ2v) is 3.42. The molecule has 0 saturated carbocycles. The maximum Gasteiger partial charge on any atom is 0.0412 e. The van der Waals surface area contributed by atoms with Crippen LogP contribution in [0, 0.1) is 0 Å². The van der Waals surface area contributed by atoms with E-state index in [1.807, 2.05) is 0 Å². The van der Waals surface area contributed by atoms with Gasteiger partial charge in [-0.1, -0.05) is 20.3 Å². The Bertz CT molecular complexity index is 106. The summed E-state index contributed by atoms with van der Waals surface area (Å²) in [5.74, 6) is 0. The fraction of sp³-hybridized carbons (Fsp3) is 1.00. The highest BCUT2D eigenvalue weighted by molar-refractivity contribution is 4.98. The van der Waals surface area contributed by atoms with Gasteiger partial charge in [-0.05, 0) is 13.0 Å². The van der Waals surface area contributed by atoms with Crippen LogP contribution in [-0.2, 0) is 0 Å². The van der Waals surface area contributed by atoms with Gasteiger partial charge in [0.25, 0.3) is 0 Å². The molecule has 0 bridgehead atoms. The van der Waals surface area contributed by atoms with E-state index in [0.29, 0.717) is 0 Å². The standard InChI is InChI=1S/C8H18N2/c1-3-5-8(9)6-10(4-2)7-8/h3-7,9H2,1-2H3. The van der Waals surface area contributed by atoms with Gasteiger partial charge < -0.3 is 5.73 Å². The van der Waals surface area contributed by atoms with Crippen LogP contribution in [0.1, 0.15) is 26.7 Å². The molecule has 0 spiro atoms. The van der Waals surface area contributed by atoms with Crippen molar-refractivity contribution >= 4 is 0 Å². The first-order chi connectivity index (χ1) is 4.70. The van der Waals surface area contributed by atoms with Crippen molar-refractivity contribution < 1.29 is 0 Å². The van der Waals surface area contributed by atoms with E-state index in [9.17, 15) is 0 Å². The van der Waals surface area contributed by atoms with E-state index < -0.39 is 0 Å². The van der Waals surface area contributed by atoms with E-state index in [0.717, 1.165) is 19.6 Å². The molecular weight excluding hydrogens is 124 g/mol. The van der Waals surface area contributed by atoms with Gasteiger partial charge in [0, 0.05) is 18.6 Å². The fourth-order valence-corrected chi connectivity index (χ4v) is 1.72. The molecular formula is C8H18N2. The monoisotopic (exact) mass is 142 g/mol. The Morgan fingerprint density at radius 1 is 1.40 bits per heavy atom. The molecule has 0 aromatic rings. The summed E-state index contributed by atoms with van der Waals surface area (Å²) in [6, 6.07) is 0. The van der Waals surface area contributed by atoms with Gasteiger partial charge in [0.15, 0.2) is 0 Å². The SMILES string of the molecule is CCCC1(N)CN(CC)C1. The van der Waals surface area contributed by atoms with Gasteiger partial charge in [0.05, 0.1) is 0 Å². The summed E-state index contributed by atoms with van der Waals surface area (Å²) in [4.78, 5) is 2.38. The predicted molar refractivity (Wildman–Crippen MR) is 43.9 cm³/mol. The smallest absolute Gasteiger partial charge is 0.0412 e. The Hall–Kier alpha value is -0.0800. The summed E-state index contributed by atoms with van der Waals surface area (Å²) in [5.41, 5.74) is 6.21. The molecule has 1 rings (SSSR count).